The number of hydrogen-bond donors (Lipinski definition) is 1. The predicted molar refractivity (Wildman–Crippen MR) is 81.5 cm³/mol. The molecule has 0 spiro atoms. The van der Waals surface area contributed by atoms with Crippen molar-refractivity contribution in [3.63, 3.8) is 0 Å². The second-order valence-electron chi connectivity index (χ2n) is 5.63. The van der Waals surface area contributed by atoms with E-state index in [2.05, 4.69) is 25.2 Å². The fourth-order valence-electron chi connectivity index (χ4n) is 2.91. The number of nitrogens with zero attached hydrogens (tertiary/aromatic N) is 5. The zero-order valence-corrected chi connectivity index (χ0v) is 13.3. The highest BCUT2D eigenvalue weighted by molar-refractivity contribution is 6.33. The van der Waals surface area contributed by atoms with Gasteiger partial charge in [0, 0.05) is 19.3 Å². The van der Waals surface area contributed by atoms with Crippen molar-refractivity contribution in [1.29, 1.82) is 0 Å². The van der Waals surface area contributed by atoms with Crippen LogP contribution in [0.25, 0.3) is 0 Å². The number of aryl methyl sites for hydroxylation is 1. The molecule has 0 bridgehead atoms. The third-order valence-electron chi connectivity index (χ3n) is 4.02. The molecule has 0 unspecified atom stereocenters. The fraction of sp³-hybridized carbons (Fsp3) is 0.571. The largest absolute Gasteiger partial charge is 0.343 e. The minimum atomic E-state index is -0.302. The molecule has 2 aromatic rings. The molecule has 1 N–H and O–H groups in total. The first-order valence-electron chi connectivity index (χ1n) is 7.51. The molecule has 2 heterocycles. The summed E-state index contributed by atoms with van der Waals surface area (Å²) in [5.41, 5.74) is 0.230. The first-order chi connectivity index (χ1) is 10.6. The van der Waals surface area contributed by atoms with Gasteiger partial charge < -0.3 is 9.88 Å². The molecule has 0 aliphatic heterocycles. The van der Waals surface area contributed by atoms with Crippen LogP contribution >= 0.6 is 11.6 Å². The summed E-state index contributed by atoms with van der Waals surface area (Å²) < 4.78 is 3.60. The van der Waals surface area contributed by atoms with E-state index in [4.69, 9.17) is 11.6 Å². The van der Waals surface area contributed by atoms with Gasteiger partial charge in [-0.05, 0) is 12.8 Å². The van der Waals surface area contributed by atoms with Crippen molar-refractivity contribution in [2.45, 2.75) is 44.7 Å². The maximum Gasteiger partial charge on any atom is 0.273 e. The van der Waals surface area contributed by atoms with Crippen LogP contribution < -0.4 is 5.32 Å². The van der Waals surface area contributed by atoms with E-state index in [1.165, 1.54) is 23.9 Å². The molecular formula is C14H19ClN6O. The van der Waals surface area contributed by atoms with E-state index in [0.29, 0.717) is 17.6 Å². The number of carbonyl (C=O) groups excluding carboxylic acids is 1. The van der Waals surface area contributed by atoms with Crippen LogP contribution in [0.2, 0.25) is 5.02 Å². The molecule has 1 amide bonds. The molecule has 1 aliphatic rings. The third kappa shape index (κ3) is 3.14. The van der Waals surface area contributed by atoms with Crippen LogP contribution in [0.15, 0.2) is 12.5 Å². The molecular weight excluding hydrogens is 304 g/mol. The van der Waals surface area contributed by atoms with E-state index in [1.807, 2.05) is 0 Å². The Bertz CT molecular complexity index is 658. The first-order valence-corrected chi connectivity index (χ1v) is 7.88. The average molecular weight is 323 g/mol. The van der Waals surface area contributed by atoms with Crippen molar-refractivity contribution in [2.75, 3.05) is 0 Å². The van der Waals surface area contributed by atoms with E-state index in [-0.39, 0.29) is 11.6 Å². The van der Waals surface area contributed by atoms with Crippen LogP contribution in [0.1, 0.15) is 54.5 Å². The zero-order valence-electron chi connectivity index (χ0n) is 12.5. The molecule has 1 saturated carbocycles. The molecule has 3 rings (SSSR count). The number of halogens is 1. The number of nitrogens with one attached hydrogen (secondary N) is 1. The lowest BCUT2D eigenvalue weighted by molar-refractivity contribution is 0.0943. The van der Waals surface area contributed by atoms with Crippen LogP contribution in [-0.4, -0.2) is 30.5 Å². The molecule has 0 saturated heterocycles. The lowest BCUT2D eigenvalue weighted by Crippen LogP contribution is -2.26. The van der Waals surface area contributed by atoms with Crippen molar-refractivity contribution in [2.24, 2.45) is 7.05 Å². The molecule has 0 atom stereocenters. The summed E-state index contributed by atoms with van der Waals surface area (Å²) in [5.74, 6) is 0.469. The highest BCUT2D eigenvalue weighted by Gasteiger charge is 2.20. The highest BCUT2D eigenvalue weighted by Crippen LogP contribution is 2.28. The number of amides is 1. The molecule has 2 aromatic heterocycles. The minimum absolute atomic E-state index is 0.230. The van der Waals surface area contributed by atoms with Crippen LogP contribution in [-0.2, 0) is 13.6 Å². The molecule has 7 nitrogen and oxygen atoms in total. The van der Waals surface area contributed by atoms with Gasteiger partial charge >= 0.3 is 0 Å². The standard InChI is InChI=1S/C14H19ClN6O/c1-20-8-11(15)13(19-20)14(22)16-7-12-18-17-9-21(12)10-5-3-2-4-6-10/h8-10H,2-7H2,1H3,(H,16,22). The summed E-state index contributed by atoms with van der Waals surface area (Å²) in [6, 6.07) is 0.439. The Morgan fingerprint density at radius 1 is 1.41 bits per heavy atom. The summed E-state index contributed by atoms with van der Waals surface area (Å²) in [6.45, 7) is 0.322. The number of carbonyl (C=O) groups is 1. The molecule has 118 valence electrons. The van der Waals surface area contributed by atoms with Gasteiger partial charge in [-0.1, -0.05) is 30.9 Å². The number of rotatable bonds is 4. The van der Waals surface area contributed by atoms with E-state index in [1.54, 1.807) is 19.6 Å². The Kier molecular flexibility index (Phi) is 4.42. The summed E-state index contributed by atoms with van der Waals surface area (Å²) in [4.78, 5) is 12.1. The minimum Gasteiger partial charge on any atom is -0.343 e. The predicted octanol–water partition coefficient (Wildman–Crippen LogP) is 2.10. The SMILES string of the molecule is Cn1cc(Cl)c(C(=O)NCc2nncn2C2CCCCC2)n1. The maximum absolute atomic E-state index is 12.1. The monoisotopic (exact) mass is 322 g/mol. The zero-order chi connectivity index (χ0) is 15.5. The van der Waals surface area contributed by atoms with Gasteiger partial charge in [-0.3, -0.25) is 9.48 Å². The van der Waals surface area contributed by atoms with Crippen molar-refractivity contribution in [3.05, 3.63) is 29.1 Å². The van der Waals surface area contributed by atoms with Gasteiger partial charge in [-0.2, -0.15) is 5.10 Å². The van der Waals surface area contributed by atoms with Crippen LogP contribution in [0, 0.1) is 0 Å². The first kappa shape index (κ1) is 15.0. The summed E-state index contributed by atoms with van der Waals surface area (Å²) in [6.07, 6.45) is 9.40. The number of aromatic nitrogens is 5. The molecule has 22 heavy (non-hydrogen) atoms. The summed E-state index contributed by atoms with van der Waals surface area (Å²) in [7, 11) is 1.72. The Balaban J connectivity index is 1.65. The third-order valence-corrected chi connectivity index (χ3v) is 4.30. The topological polar surface area (TPSA) is 77.6 Å². The van der Waals surface area contributed by atoms with Crippen molar-refractivity contribution < 1.29 is 4.79 Å². The van der Waals surface area contributed by atoms with Gasteiger partial charge in [-0.15, -0.1) is 10.2 Å². The average Bonchev–Trinajstić information content (AvgIpc) is 3.12. The Labute approximate surface area is 133 Å². The van der Waals surface area contributed by atoms with E-state index >= 15 is 0 Å². The van der Waals surface area contributed by atoms with Gasteiger partial charge in [0.15, 0.2) is 11.5 Å². The van der Waals surface area contributed by atoms with Crippen LogP contribution in [0.3, 0.4) is 0 Å². The number of hydrogen-bond acceptors (Lipinski definition) is 4. The van der Waals surface area contributed by atoms with Gasteiger partial charge in [0.25, 0.3) is 5.91 Å². The van der Waals surface area contributed by atoms with Gasteiger partial charge in [0.1, 0.15) is 6.33 Å². The van der Waals surface area contributed by atoms with Crippen LogP contribution in [0.5, 0.6) is 0 Å². The van der Waals surface area contributed by atoms with E-state index in [9.17, 15) is 4.79 Å². The smallest absolute Gasteiger partial charge is 0.273 e. The summed E-state index contributed by atoms with van der Waals surface area (Å²) in [5, 5.41) is 15.3. The van der Waals surface area contributed by atoms with Crippen molar-refractivity contribution in [3.8, 4) is 0 Å². The van der Waals surface area contributed by atoms with Crippen molar-refractivity contribution >= 4 is 17.5 Å². The normalized spacial score (nSPS) is 15.9. The lowest BCUT2D eigenvalue weighted by Gasteiger charge is -2.23. The Morgan fingerprint density at radius 2 is 2.18 bits per heavy atom. The second-order valence-corrected chi connectivity index (χ2v) is 6.04. The molecule has 0 aromatic carbocycles. The Hall–Kier alpha value is -1.89. The Morgan fingerprint density at radius 3 is 2.86 bits per heavy atom. The quantitative estimate of drug-likeness (QED) is 0.935. The van der Waals surface area contributed by atoms with Gasteiger partial charge in [-0.25, -0.2) is 0 Å². The second kappa shape index (κ2) is 6.48. The van der Waals surface area contributed by atoms with Crippen LogP contribution in [0.4, 0.5) is 0 Å². The maximum atomic E-state index is 12.1. The van der Waals surface area contributed by atoms with E-state index in [0.717, 1.165) is 18.7 Å². The van der Waals surface area contributed by atoms with E-state index < -0.39 is 0 Å². The molecule has 8 heteroatoms. The van der Waals surface area contributed by atoms with Gasteiger partial charge in [0.2, 0.25) is 0 Å². The molecule has 1 aliphatic carbocycles. The molecule has 1 fully saturated rings. The van der Waals surface area contributed by atoms with Gasteiger partial charge in [0.05, 0.1) is 11.6 Å². The summed E-state index contributed by atoms with van der Waals surface area (Å²) >= 11 is 5.98. The van der Waals surface area contributed by atoms with Crippen molar-refractivity contribution in [1.82, 2.24) is 29.9 Å². The fourth-order valence-corrected chi connectivity index (χ4v) is 3.18. The highest BCUT2D eigenvalue weighted by atomic mass is 35.5. The lowest BCUT2D eigenvalue weighted by atomic mass is 9.95. The molecule has 0 radical (unpaired) electrons.